The molecule has 8 atom stereocenters. The molecule has 3 heterocycles. The van der Waals surface area contributed by atoms with Gasteiger partial charge >= 0.3 is 12.1 Å². The molecule has 15 heteroatoms. The van der Waals surface area contributed by atoms with Gasteiger partial charge < -0.3 is 40.6 Å². The van der Waals surface area contributed by atoms with Crippen molar-refractivity contribution < 1.29 is 38.5 Å². The molecular formula is C39H47ClN6O8. The molecule has 2 aromatic heterocycles. The zero-order chi connectivity index (χ0) is 38.7. The maximum absolute atomic E-state index is 14.6. The number of halogens is 1. The average molecular weight is 763 g/mol. The summed E-state index contributed by atoms with van der Waals surface area (Å²) < 4.78 is 17.8. The van der Waals surface area contributed by atoms with E-state index in [0.29, 0.717) is 64.3 Å². The normalized spacial score (nSPS) is 27.5. The minimum absolute atomic E-state index is 0.0375. The lowest BCUT2D eigenvalue weighted by molar-refractivity contribution is -0.146. The van der Waals surface area contributed by atoms with Gasteiger partial charge in [-0.1, -0.05) is 51.8 Å². The summed E-state index contributed by atoms with van der Waals surface area (Å²) in [5.41, 5.74) is 5.06. The highest BCUT2D eigenvalue weighted by Crippen LogP contribution is 2.52. The molecule has 4 aliphatic rings. The minimum atomic E-state index is -1.41. The number of fused-ring (bicyclic) bond motifs is 2. The second-order valence-corrected chi connectivity index (χ2v) is 16.6. The number of amides is 3. The fraction of sp³-hybridized carbons (Fsp3) is 0.538. The molecule has 0 bridgehead atoms. The quantitative estimate of drug-likeness (QED) is 0.201. The van der Waals surface area contributed by atoms with Gasteiger partial charge in [0.15, 0.2) is 0 Å². The molecule has 0 unspecified atom stereocenters. The number of nitrogens with two attached hydrogens (primary N) is 1. The molecule has 3 aliphatic carbocycles. The second-order valence-electron chi connectivity index (χ2n) is 16.2. The Morgan fingerprint density at radius 3 is 2.41 bits per heavy atom. The number of nitrogens with zero attached hydrogens (tertiary/aromatic N) is 3. The van der Waals surface area contributed by atoms with Crippen LogP contribution >= 0.6 is 11.6 Å². The van der Waals surface area contributed by atoms with Gasteiger partial charge in [-0.25, -0.2) is 19.6 Å². The number of hydrogen-bond acceptors (Lipinski definition) is 10. The standard InChI is InChI=1S/C39H47ClN6O8/c1-6-21-17-39(21,36(49)50)45-34(47)27-15-23(18-46(27)35(48)33(38(2,3)4)44-37(51)54-22-13-19-12-20(19)14-22)53-29-16-26(25-8-7-9-30(41)42-25)43-32-24(29)10-11-28(52-5)31(32)40/h7-11,16,19-23,27,33H,6,12-15,17-18H2,1-5H3,(H2,41,42)(H,44,51)(H,45,47)(H,49,50)/t19-,20+,21-,22+,23-,27+,33-,39-/m1/s1. The van der Waals surface area contributed by atoms with Gasteiger partial charge in [0.1, 0.15) is 52.2 Å². The minimum Gasteiger partial charge on any atom is -0.495 e. The SMILES string of the molecule is CC[C@@H]1C[C@]1(NC(=O)[C@@H]1C[C@@H](Oc2cc(-c3cccc(N)n3)nc3c(Cl)c(OC)ccc23)CN1C(=O)[C@@H](NC(=O)O[C@@H]1C[C@@H]2C[C@@H]2C1)C(C)(C)C)C(=O)O. The number of alkyl carbamates (subject to hydrolysis) is 1. The lowest BCUT2D eigenvalue weighted by Crippen LogP contribution is -2.59. The molecule has 4 fully saturated rings. The van der Waals surface area contributed by atoms with E-state index >= 15 is 0 Å². The van der Waals surface area contributed by atoms with Crippen LogP contribution in [-0.2, 0) is 19.1 Å². The predicted octanol–water partition coefficient (Wildman–Crippen LogP) is 5.20. The molecule has 288 valence electrons. The van der Waals surface area contributed by atoms with Gasteiger partial charge in [0.25, 0.3) is 0 Å². The number of carbonyl (C=O) groups excluding carboxylic acids is 3. The number of benzene rings is 1. The second kappa shape index (κ2) is 14.1. The number of carbonyl (C=O) groups is 4. The van der Waals surface area contributed by atoms with Crippen molar-refractivity contribution >= 4 is 52.2 Å². The number of ether oxygens (including phenoxy) is 3. The maximum Gasteiger partial charge on any atom is 0.408 e. The Morgan fingerprint density at radius 1 is 1.04 bits per heavy atom. The number of pyridine rings is 2. The molecule has 0 spiro atoms. The van der Waals surface area contributed by atoms with Crippen LogP contribution in [0.5, 0.6) is 11.5 Å². The van der Waals surface area contributed by atoms with E-state index in [4.69, 9.17) is 36.5 Å². The molecule has 3 saturated carbocycles. The number of methoxy groups -OCH3 is 1. The number of carboxylic acids is 1. The number of anilines is 1. The number of hydrogen-bond donors (Lipinski definition) is 4. The molecule has 1 aliphatic heterocycles. The van der Waals surface area contributed by atoms with Crippen molar-refractivity contribution in [1.82, 2.24) is 25.5 Å². The largest absolute Gasteiger partial charge is 0.495 e. The van der Waals surface area contributed by atoms with Crippen LogP contribution < -0.4 is 25.8 Å². The zero-order valence-corrected chi connectivity index (χ0v) is 31.8. The number of carboxylic acid groups (broad SMARTS) is 1. The van der Waals surface area contributed by atoms with Gasteiger partial charge in [-0.3, -0.25) is 9.59 Å². The molecule has 54 heavy (non-hydrogen) atoms. The number of likely N-dealkylation sites (tertiary alicyclic amines) is 1. The van der Waals surface area contributed by atoms with Gasteiger partial charge in [-0.05, 0) is 73.1 Å². The topological polar surface area (TPSA) is 195 Å². The van der Waals surface area contributed by atoms with Crippen LogP contribution in [0.4, 0.5) is 10.6 Å². The van der Waals surface area contributed by atoms with Crippen molar-refractivity contribution in [3.05, 3.63) is 41.4 Å². The number of aliphatic carboxylic acids is 1. The van der Waals surface area contributed by atoms with Crippen LogP contribution in [0, 0.1) is 23.2 Å². The number of nitrogens with one attached hydrogen (secondary N) is 2. The third-order valence-electron chi connectivity index (χ3n) is 11.4. The van der Waals surface area contributed by atoms with E-state index in [-0.39, 0.29) is 30.0 Å². The summed E-state index contributed by atoms with van der Waals surface area (Å²) in [5.74, 6) is -0.215. The Morgan fingerprint density at radius 2 is 1.78 bits per heavy atom. The monoisotopic (exact) mass is 762 g/mol. The Bertz CT molecular complexity index is 2000. The van der Waals surface area contributed by atoms with E-state index in [1.165, 1.54) is 18.4 Å². The van der Waals surface area contributed by atoms with Gasteiger partial charge in [0.05, 0.1) is 30.6 Å². The summed E-state index contributed by atoms with van der Waals surface area (Å²) in [7, 11) is 1.50. The van der Waals surface area contributed by atoms with Crippen LogP contribution in [0.3, 0.4) is 0 Å². The molecular weight excluding hydrogens is 716 g/mol. The van der Waals surface area contributed by atoms with E-state index in [0.717, 1.165) is 12.8 Å². The van der Waals surface area contributed by atoms with Gasteiger partial charge in [-0.15, -0.1) is 0 Å². The molecule has 1 saturated heterocycles. The van der Waals surface area contributed by atoms with E-state index in [1.54, 1.807) is 36.4 Å². The summed E-state index contributed by atoms with van der Waals surface area (Å²) in [4.78, 5) is 64.9. The molecule has 0 radical (unpaired) electrons. The zero-order valence-electron chi connectivity index (χ0n) is 31.1. The van der Waals surface area contributed by atoms with Crippen LogP contribution in [-0.4, -0.2) is 87.3 Å². The fourth-order valence-electron chi connectivity index (χ4n) is 8.21. The van der Waals surface area contributed by atoms with Crippen LogP contribution in [0.2, 0.25) is 5.02 Å². The molecule has 7 rings (SSSR count). The molecule has 14 nitrogen and oxygen atoms in total. The summed E-state index contributed by atoms with van der Waals surface area (Å²) in [5, 5.41) is 16.5. The third kappa shape index (κ3) is 7.19. The summed E-state index contributed by atoms with van der Waals surface area (Å²) in [6.45, 7) is 7.30. The lowest BCUT2D eigenvalue weighted by Gasteiger charge is -2.35. The van der Waals surface area contributed by atoms with E-state index < -0.39 is 53.0 Å². The van der Waals surface area contributed by atoms with Crippen molar-refractivity contribution in [1.29, 1.82) is 0 Å². The lowest BCUT2D eigenvalue weighted by atomic mass is 9.85. The Balaban J connectivity index is 1.21. The van der Waals surface area contributed by atoms with Crippen molar-refractivity contribution in [2.45, 2.75) is 96.1 Å². The van der Waals surface area contributed by atoms with Crippen LogP contribution in [0.25, 0.3) is 22.3 Å². The Labute approximate surface area is 318 Å². The van der Waals surface area contributed by atoms with E-state index in [1.807, 2.05) is 27.7 Å². The molecule has 3 aromatic rings. The van der Waals surface area contributed by atoms with Crippen molar-refractivity contribution in [2.75, 3.05) is 19.4 Å². The number of rotatable bonds is 11. The van der Waals surface area contributed by atoms with Crippen LogP contribution in [0.1, 0.15) is 66.2 Å². The summed E-state index contributed by atoms with van der Waals surface area (Å²) >= 11 is 6.76. The smallest absolute Gasteiger partial charge is 0.408 e. The summed E-state index contributed by atoms with van der Waals surface area (Å²) in [6.07, 6.45) is 2.09. The van der Waals surface area contributed by atoms with E-state index in [2.05, 4.69) is 15.6 Å². The first kappa shape index (κ1) is 37.5. The van der Waals surface area contributed by atoms with Gasteiger partial charge in [-0.2, -0.15) is 0 Å². The average Bonchev–Trinajstić information content (AvgIpc) is 3.93. The van der Waals surface area contributed by atoms with Crippen molar-refractivity contribution in [2.24, 2.45) is 23.2 Å². The van der Waals surface area contributed by atoms with Gasteiger partial charge in [0.2, 0.25) is 11.8 Å². The first-order valence-corrected chi connectivity index (χ1v) is 18.9. The highest BCUT2D eigenvalue weighted by molar-refractivity contribution is 6.36. The summed E-state index contributed by atoms with van der Waals surface area (Å²) in [6, 6.07) is 8.13. The first-order chi connectivity index (χ1) is 25.6. The number of nitrogen functional groups attached to an aromatic ring is 1. The maximum atomic E-state index is 14.6. The van der Waals surface area contributed by atoms with Gasteiger partial charge in [0, 0.05) is 17.9 Å². The van der Waals surface area contributed by atoms with Crippen LogP contribution in [0.15, 0.2) is 36.4 Å². The van der Waals surface area contributed by atoms with Crippen molar-refractivity contribution in [3.8, 4) is 22.9 Å². The predicted molar refractivity (Wildman–Crippen MR) is 200 cm³/mol. The highest BCUT2D eigenvalue weighted by atomic mass is 35.5. The molecule has 3 amide bonds. The Kier molecular flexibility index (Phi) is 9.78. The van der Waals surface area contributed by atoms with Crippen molar-refractivity contribution in [3.63, 3.8) is 0 Å². The number of aromatic nitrogens is 2. The Hall–Kier alpha value is -4.85. The fourth-order valence-corrected chi connectivity index (χ4v) is 8.50. The third-order valence-corrected chi connectivity index (χ3v) is 11.8. The van der Waals surface area contributed by atoms with E-state index in [9.17, 15) is 24.3 Å². The molecule has 1 aromatic carbocycles. The first-order valence-electron chi connectivity index (χ1n) is 18.5. The molecule has 5 N–H and O–H groups in total. The highest BCUT2D eigenvalue weighted by Gasteiger charge is 2.61.